The van der Waals surface area contributed by atoms with Gasteiger partial charge in [0.2, 0.25) is 0 Å². The van der Waals surface area contributed by atoms with Gasteiger partial charge in [-0.25, -0.2) is 13.1 Å². The zero-order valence-electron chi connectivity index (χ0n) is 7.21. The molecule has 1 unspecified atom stereocenters. The van der Waals surface area contributed by atoms with Crippen molar-refractivity contribution in [3.8, 4) is 0 Å². The highest BCUT2D eigenvalue weighted by Gasteiger charge is 2.39. The third-order valence-corrected chi connectivity index (χ3v) is 2.73. The van der Waals surface area contributed by atoms with E-state index in [1.807, 2.05) is 0 Å². The number of nitrogens with one attached hydrogen (secondary N) is 1. The first-order valence-corrected chi connectivity index (χ1v) is 6.30. The van der Waals surface area contributed by atoms with Crippen LogP contribution >= 0.6 is 12.2 Å². The molecule has 4 nitrogen and oxygen atoms in total. The predicted molar refractivity (Wildman–Crippen MR) is 47.5 cm³/mol. The molecule has 0 radical (unpaired) electrons. The number of hydrogen-bond acceptors (Lipinski definition) is 5. The second kappa shape index (κ2) is 5.19. The Kier molecular flexibility index (Phi) is 5.20. The molecule has 9 heteroatoms. The maximum absolute atomic E-state index is 12.1. The van der Waals surface area contributed by atoms with Crippen LogP contribution in [-0.2, 0) is 9.84 Å². The van der Waals surface area contributed by atoms with E-state index in [9.17, 15) is 21.6 Å². The summed E-state index contributed by atoms with van der Waals surface area (Å²) in [6, 6.07) is -2.02. The summed E-state index contributed by atoms with van der Waals surface area (Å²) in [6.07, 6.45) is -4.33. The van der Waals surface area contributed by atoms with Crippen molar-refractivity contribution in [1.29, 1.82) is 0 Å². The van der Waals surface area contributed by atoms with Gasteiger partial charge in [-0.1, -0.05) is 0 Å². The van der Waals surface area contributed by atoms with Crippen molar-refractivity contribution < 1.29 is 26.1 Å². The topological polar surface area (TPSA) is 66.4 Å². The van der Waals surface area contributed by atoms with Crippen LogP contribution in [0.5, 0.6) is 0 Å². The molecular formula is C5H10F3NO3S2. The Labute approximate surface area is 84.1 Å². The van der Waals surface area contributed by atoms with Crippen molar-refractivity contribution in [3.05, 3.63) is 0 Å². The van der Waals surface area contributed by atoms with Crippen LogP contribution in [0, 0.1) is 0 Å². The van der Waals surface area contributed by atoms with E-state index in [2.05, 4.69) is 0 Å². The van der Waals surface area contributed by atoms with Gasteiger partial charge in [0.25, 0.3) is 0 Å². The van der Waals surface area contributed by atoms with Crippen molar-refractivity contribution in [1.82, 2.24) is 4.72 Å². The van der Waals surface area contributed by atoms with Crippen LogP contribution in [-0.4, -0.2) is 37.2 Å². The monoisotopic (exact) mass is 253 g/mol. The number of rotatable bonds is 5. The van der Waals surface area contributed by atoms with Crippen LogP contribution in [0.2, 0.25) is 0 Å². The zero-order chi connectivity index (χ0) is 11.4. The van der Waals surface area contributed by atoms with Gasteiger partial charge in [0.05, 0.1) is 18.0 Å². The van der Waals surface area contributed by atoms with Gasteiger partial charge in [-0.2, -0.15) is 13.2 Å². The lowest BCUT2D eigenvalue weighted by molar-refractivity contribution is -0.151. The summed E-state index contributed by atoms with van der Waals surface area (Å²) in [5, 5.41) is 0. The van der Waals surface area contributed by atoms with Crippen LogP contribution in [0.4, 0.5) is 13.2 Å². The molecule has 0 heterocycles. The van der Waals surface area contributed by atoms with Gasteiger partial charge in [-0.15, -0.1) is 0 Å². The molecule has 0 aromatic carbocycles. The van der Waals surface area contributed by atoms with Crippen molar-refractivity contribution in [3.63, 3.8) is 0 Å². The molecule has 0 aliphatic carbocycles. The SMILES string of the molecule is CS(=O)(=O)CCC(NSO)C(F)(F)F. The molecule has 0 aromatic heterocycles. The van der Waals surface area contributed by atoms with E-state index in [1.54, 1.807) is 4.72 Å². The zero-order valence-corrected chi connectivity index (χ0v) is 8.84. The van der Waals surface area contributed by atoms with E-state index in [0.717, 1.165) is 6.26 Å². The summed E-state index contributed by atoms with van der Waals surface area (Å²) in [6.45, 7) is 0. The van der Waals surface area contributed by atoms with E-state index < -0.39 is 34.2 Å². The normalized spacial score (nSPS) is 15.5. The molecule has 14 heavy (non-hydrogen) atoms. The minimum Gasteiger partial charge on any atom is -0.317 e. The summed E-state index contributed by atoms with van der Waals surface area (Å²) < 4.78 is 67.4. The van der Waals surface area contributed by atoms with E-state index >= 15 is 0 Å². The molecule has 1 atom stereocenters. The average Bonchev–Trinajstić information content (AvgIpc) is 1.93. The molecule has 0 rings (SSSR count). The number of hydrogen-bond donors (Lipinski definition) is 2. The van der Waals surface area contributed by atoms with Gasteiger partial charge in [0, 0.05) is 6.26 Å². The van der Waals surface area contributed by atoms with Crippen molar-refractivity contribution >= 4 is 22.1 Å². The van der Waals surface area contributed by atoms with Gasteiger partial charge < -0.3 is 4.55 Å². The number of alkyl halides is 3. The lowest BCUT2D eigenvalue weighted by Crippen LogP contribution is -2.40. The summed E-state index contributed by atoms with van der Waals surface area (Å²) >= 11 is -0.178. The Morgan fingerprint density at radius 3 is 2.29 bits per heavy atom. The smallest absolute Gasteiger partial charge is 0.317 e. The predicted octanol–water partition coefficient (Wildman–Crippen LogP) is 1.06. The molecule has 86 valence electrons. The Bertz CT molecular complexity index is 264. The van der Waals surface area contributed by atoms with E-state index in [1.165, 1.54) is 0 Å². The third kappa shape index (κ3) is 6.46. The highest BCUT2D eigenvalue weighted by atomic mass is 32.2. The lowest BCUT2D eigenvalue weighted by atomic mass is 10.2. The van der Waals surface area contributed by atoms with Crippen LogP contribution in [0.15, 0.2) is 0 Å². The second-order valence-corrected chi connectivity index (χ2v) is 5.40. The van der Waals surface area contributed by atoms with E-state index in [4.69, 9.17) is 4.55 Å². The molecule has 2 N–H and O–H groups in total. The summed E-state index contributed by atoms with van der Waals surface area (Å²) in [7, 11) is -3.43. The molecule has 0 aromatic rings. The van der Waals surface area contributed by atoms with Gasteiger partial charge >= 0.3 is 6.18 Å². The van der Waals surface area contributed by atoms with Crippen molar-refractivity contribution in [2.45, 2.75) is 18.6 Å². The number of sulfone groups is 1. The van der Waals surface area contributed by atoms with E-state index in [-0.39, 0.29) is 12.2 Å². The van der Waals surface area contributed by atoms with Gasteiger partial charge in [0.1, 0.15) is 15.9 Å². The average molecular weight is 253 g/mol. The minimum atomic E-state index is -4.57. The molecule has 0 spiro atoms. The van der Waals surface area contributed by atoms with Crippen molar-refractivity contribution in [2.75, 3.05) is 12.0 Å². The lowest BCUT2D eigenvalue weighted by Gasteiger charge is -2.18. The van der Waals surface area contributed by atoms with Gasteiger partial charge in [0.15, 0.2) is 0 Å². The fourth-order valence-electron chi connectivity index (χ4n) is 0.685. The molecule has 0 aliphatic rings. The van der Waals surface area contributed by atoms with Crippen LogP contribution in [0.1, 0.15) is 6.42 Å². The maximum Gasteiger partial charge on any atom is 0.404 e. The Balaban J connectivity index is 4.25. The molecule has 0 amide bonds. The first-order chi connectivity index (χ1) is 6.17. The second-order valence-electron chi connectivity index (χ2n) is 2.72. The fourth-order valence-corrected chi connectivity index (χ4v) is 1.73. The first kappa shape index (κ1) is 14.0. The third-order valence-electron chi connectivity index (χ3n) is 1.37. The quantitative estimate of drug-likeness (QED) is 0.566. The highest BCUT2D eigenvalue weighted by molar-refractivity contribution is 7.91. The fraction of sp³-hybridized carbons (Fsp3) is 1.00. The van der Waals surface area contributed by atoms with Crippen LogP contribution in [0.25, 0.3) is 0 Å². The summed E-state index contributed by atoms with van der Waals surface area (Å²) in [5.41, 5.74) is 0. The molecule has 0 aliphatic heterocycles. The first-order valence-electron chi connectivity index (χ1n) is 3.47. The molecule has 0 fully saturated rings. The minimum absolute atomic E-state index is 0.178. The maximum atomic E-state index is 12.1. The largest absolute Gasteiger partial charge is 0.404 e. The Hall–Kier alpha value is 0.01000. The summed E-state index contributed by atoms with van der Waals surface area (Å²) in [4.78, 5) is 0. The van der Waals surface area contributed by atoms with Crippen LogP contribution < -0.4 is 4.72 Å². The molecule has 0 saturated carbocycles. The number of halogens is 3. The standard InChI is InChI=1S/C5H10F3NO3S2/c1-14(11,12)3-2-4(9-13-10)5(6,7)8/h4,9-10H,2-3H2,1H3. The van der Waals surface area contributed by atoms with Crippen LogP contribution in [0.3, 0.4) is 0 Å². The van der Waals surface area contributed by atoms with Gasteiger partial charge in [-0.05, 0) is 6.42 Å². The van der Waals surface area contributed by atoms with Gasteiger partial charge in [-0.3, -0.25) is 0 Å². The molecular weight excluding hydrogens is 243 g/mol. The van der Waals surface area contributed by atoms with Crippen molar-refractivity contribution in [2.24, 2.45) is 0 Å². The molecule has 0 saturated heterocycles. The highest BCUT2D eigenvalue weighted by Crippen LogP contribution is 2.23. The van der Waals surface area contributed by atoms with E-state index in [0.29, 0.717) is 0 Å². The Morgan fingerprint density at radius 2 is 2.00 bits per heavy atom. The molecule has 0 bridgehead atoms. The summed E-state index contributed by atoms with van der Waals surface area (Å²) in [5.74, 6) is -0.579. The Morgan fingerprint density at radius 1 is 1.50 bits per heavy atom.